The maximum absolute atomic E-state index is 5.79. The fraction of sp³-hybridized carbons (Fsp3) is 0.579. The Morgan fingerprint density at radius 1 is 1.39 bits per heavy atom. The number of hydrogen-bond donors (Lipinski definition) is 0. The number of methoxy groups -OCH3 is 1. The van der Waals surface area contributed by atoms with Crippen molar-refractivity contribution in [3.8, 4) is 0 Å². The van der Waals surface area contributed by atoms with Crippen molar-refractivity contribution in [2.45, 2.75) is 38.6 Å². The highest BCUT2D eigenvalue weighted by Gasteiger charge is 2.37. The van der Waals surface area contributed by atoms with Gasteiger partial charge in [-0.1, -0.05) is 25.2 Å². The Balaban J connectivity index is 1.84. The smallest absolute Gasteiger partial charge is 0.160 e. The highest BCUT2D eigenvalue weighted by Crippen LogP contribution is 2.35. The van der Waals surface area contributed by atoms with Crippen molar-refractivity contribution in [3.05, 3.63) is 48.3 Å². The van der Waals surface area contributed by atoms with E-state index < -0.39 is 0 Å². The summed E-state index contributed by atoms with van der Waals surface area (Å²) in [6.07, 6.45) is 16.1. The minimum Gasteiger partial charge on any atom is -0.466 e. The molecule has 0 radical (unpaired) electrons. The molecular weight excluding hydrogens is 290 g/mol. The van der Waals surface area contributed by atoms with E-state index >= 15 is 0 Å². The molecule has 0 aromatic heterocycles. The fourth-order valence-electron chi connectivity index (χ4n) is 3.89. The summed E-state index contributed by atoms with van der Waals surface area (Å²) in [5, 5.41) is 0. The third kappa shape index (κ3) is 3.88. The number of likely N-dealkylation sites (tertiary alicyclic amines) is 1. The average molecular weight is 317 g/mol. The van der Waals surface area contributed by atoms with E-state index in [4.69, 9.17) is 14.2 Å². The number of allylic oxidation sites excluding steroid dienone is 3. The molecule has 23 heavy (non-hydrogen) atoms. The van der Waals surface area contributed by atoms with Crippen LogP contribution in [0, 0.1) is 5.41 Å². The van der Waals surface area contributed by atoms with Gasteiger partial charge >= 0.3 is 0 Å². The van der Waals surface area contributed by atoms with E-state index in [9.17, 15) is 0 Å². The lowest BCUT2D eigenvalue weighted by Crippen LogP contribution is -2.50. The minimum atomic E-state index is 0.154. The zero-order valence-corrected chi connectivity index (χ0v) is 14.2. The third-order valence-electron chi connectivity index (χ3n) is 4.86. The molecule has 2 atom stereocenters. The van der Waals surface area contributed by atoms with Crippen molar-refractivity contribution >= 4 is 0 Å². The lowest BCUT2D eigenvalue weighted by molar-refractivity contribution is 0.0103. The SMILES string of the molecule is COCC1(C)CCCN(C(C2=CC=CCC2)C2=COC=CO2)C1. The number of nitrogens with zero attached hydrogens (tertiary/aromatic N) is 1. The summed E-state index contributed by atoms with van der Waals surface area (Å²) in [7, 11) is 1.79. The zero-order valence-electron chi connectivity index (χ0n) is 14.2. The molecule has 3 rings (SSSR count). The van der Waals surface area contributed by atoms with Crippen LogP contribution in [0.15, 0.2) is 48.3 Å². The van der Waals surface area contributed by atoms with Gasteiger partial charge in [0.05, 0.1) is 12.6 Å². The van der Waals surface area contributed by atoms with E-state index in [0.29, 0.717) is 0 Å². The molecule has 1 aliphatic carbocycles. The first-order valence-electron chi connectivity index (χ1n) is 8.48. The minimum absolute atomic E-state index is 0.154. The van der Waals surface area contributed by atoms with E-state index in [1.54, 1.807) is 25.9 Å². The average Bonchev–Trinajstić information content (AvgIpc) is 2.57. The molecule has 0 aromatic carbocycles. The van der Waals surface area contributed by atoms with Gasteiger partial charge in [-0.3, -0.25) is 4.90 Å². The lowest BCUT2D eigenvalue weighted by atomic mass is 9.81. The summed E-state index contributed by atoms with van der Waals surface area (Å²) in [5.41, 5.74) is 1.60. The Morgan fingerprint density at radius 3 is 3.00 bits per heavy atom. The second-order valence-electron chi connectivity index (χ2n) is 6.97. The molecule has 2 unspecified atom stereocenters. The molecular formula is C19H27NO3. The van der Waals surface area contributed by atoms with Crippen LogP contribution in [0.25, 0.3) is 0 Å². The quantitative estimate of drug-likeness (QED) is 0.773. The summed E-state index contributed by atoms with van der Waals surface area (Å²) in [5.74, 6) is 0.885. The van der Waals surface area contributed by atoms with Crippen LogP contribution in [0.4, 0.5) is 0 Å². The van der Waals surface area contributed by atoms with Gasteiger partial charge in [0.15, 0.2) is 5.76 Å². The third-order valence-corrected chi connectivity index (χ3v) is 4.86. The largest absolute Gasteiger partial charge is 0.466 e. The van der Waals surface area contributed by atoms with Crippen molar-refractivity contribution in [1.29, 1.82) is 0 Å². The Hall–Kier alpha value is -1.52. The van der Waals surface area contributed by atoms with Crippen LogP contribution in [-0.4, -0.2) is 37.7 Å². The number of piperidine rings is 1. The molecule has 4 nitrogen and oxygen atoms in total. The molecule has 126 valence electrons. The van der Waals surface area contributed by atoms with Crippen LogP contribution in [0.1, 0.15) is 32.6 Å². The van der Waals surface area contributed by atoms with Crippen molar-refractivity contribution in [1.82, 2.24) is 4.90 Å². The summed E-state index contributed by atoms with van der Waals surface area (Å²) in [6, 6.07) is 0.154. The van der Waals surface area contributed by atoms with Gasteiger partial charge in [0.1, 0.15) is 18.8 Å². The van der Waals surface area contributed by atoms with Crippen molar-refractivity contribution in [3.63, 3.8) is 0 Å². The molecule has 4 heteroatoms. The summed E-state index contributed by atoms with van der Waals surface area (Å²) >= 11 is 0. The lowest BCUT2D eigenvalue weighted by Gasteiger charge is -2.44. The molecule has 2 aliphatic heterocycles. The molecule has 1 saturated heterocycles. The predicted molar refractivity (Wildman–Crippen MR) is 90.4 cm³/mol. The molecule has 0 saturated carbocycles. The first-order valence-corrected chi connectivity index (χ1v) is 8.48. The van der Waals surface area contributed by atoms with Crippen LogP contribution in [0.5, 0.6) is 0 Å². The maximum atomic E-state index is 5.79. The second kappa shape index (κ2) is 7.37. The standard InChI is InChI=1S/C19H27NO3/c1-19(15-21-2)9-6-10-20(14-19)18(16-7-4-3-5-8-16)17-13-22-11-12-23-17/h3-4,7,11-13,18H,5-6,8-10,14-15H2,1-2H3. The predicted octanol–water partition coefficient (Wildman–Crippen LogP) is 3.74. The van der Waals surface area contributed by atoms with Crippen LogP contribution in [0.3, 0.4) is 0 Å². The number of ether oxygens (including phenoxy) is 3. The van der Waals surface area contributed by atoms with Gasteiger partial charge in [0, 0.05) is 19.1 Å². The van der Waals surface area contributed by atoms with Gasteiger partial charge in [-0.2, -0.15) is 0 Å². The first-order chi connectivity index (χ1) is 11.2. The highest BCUT2D eigenvalue weighted by atomic mass is 16.5. The second-order valence-corrected chi connectivity index (χ2v) is 6.97. The molecule has 1 fully saturated rings. The Kier molecular flexibility index (Phi) is 5.23. The zero-order chi connectivity index (χ0) is 16.1. The van der Waals surface area contributed by atoms with E-state index in [1.165, 1.54) is 18.4 Å². The highest BCUT2D eigenvalue weighted by molar-refractivity contribution is 5.30. The number of hydrogen-bond acceptors (Lipinski definition) is 4. The van der Waals surface area contributed by atoms with Crippen molar-refractivity contribution in [2.24, 2.45) is 5.41 Å². The fourth-order valence-corrected chi connectivity index (χ4v) is 3.89. The van der Waals surface area contributed by atoms with Gasteiger partial charge < -0.3 is 14.2 Å². The van der Waals surface area contributed by atoms with E-state index in [0.717, 1.165) is 38.3 Å². The van der Waals surface area contributed by atoms with Crippen LogP contribution in [-0.2, 0) is 14.2 Å². The van der Waals surface area contributed by atoms with E-state index in [-0.39, 0.29) is 11.5 Å². The molecule has 2 heterocycles. The van der Waals surface area contributed by atoms with E-state index in [2.05, 4.69) is 30.1 Å². The molecule has 0 spiro atoms. The van der Waals surface area contributed by atoms with Gasteiger partial charge in [-0.05, 0) is 37.8 Å². The van der Waals surface area contributed by atoms with Crippen LogP contribution in [0.2, 0.25) is 0 Å². The summed E-state index contributed by atoms with van der Waals surface area (Å²) < 4.78 is 16.6. The Labute approximate surface area is 139 Å². The van der Waals surface area contributed by atoms with Crippen molar-refractivity contribution < 1.29 is 14.2 Å². The van der Waals surface area contributed by atoms with Gasteiger partial charge in [-0.25, -0.2) is 0 Å². The van der Waals surface area contributed by atoms with Gasteiger partial charge in [0.25, 0.3) is 0 Å². The van der Waals surface area contributed by atoms with Crippen LogP contribution >= 0.6 is 0 Å². The summed E-state index contributed by atoms with van der Waals surface area (Å²) in [4.78, 5) is 2.53. The number of rotatable bonds is 5. The summed E-state index contributed by atoms with van der Waals surface area (Å²) in [6.45, 7) is 5.21. The normalized spacial score (nSPS) is 29.3. The first kappa shape index (κ1) is 16.3. The monoisotopic (exact) mass is 317 g/mol. The molecule has 0 N–H and O–H groups in total. The maximum Gasteiger partial charge on any atom is 0.160 e. The Bertz CT molecular complexity index is 531. The van der Waals surface area contributed by atoms with Gasteiger partial charge in [-0.15, -0.1) is 0 Å². The molecule has 0 aromatic rings. The molecule has 0 amide bonds. The van der Waals surface area contributed by atoms with Crippen LogP contribution < -0.4 is 0 Å². The molecule has 3 aliphatic rings. The van der Waals surface area contributed by atoms with E-state index in [1.807, 2.05) is 0 Å². The van der Waals surface area contributed by atoms with Gasteiger partial charge in [0.2, 0.25) is 0 Å². The topological polar surface area (TPSA) is 30.9 Å². The van der Waals surface area contributed by atoms with Crippen molar-refractivity contribution in [2.75, 3.05) is 26.8 Å². The molecule has 0 bridgehead atoms. The Morgan fingerprint density at radius 2 is 2.30 bits per heavy atom.